The lowest BCUT2D eigenvalue weighted by atomic mass is 10.0. The molecule has 4 N–H and O–H groups in total. The first-order chi connectivity index (χ1) is 21.2. The molecule has 0 aromatic carbocycles. The summed E-state index contributed by atoms with van der Waals surface area (Å²) in [5.74, 6) is -7.08. The average molecular weight is 711 g/mol. The van der Waals surface area contributed by atoms with Gasteiger partial charge >= 0.3 is 36.3 Å². The van der Waals surface area contributed by atoms with Gasteiger partial charge in [0.05, 0.1) is 19.8 Å². The monoisotopic (exact) mass is 710 g/mol. The Bertz CT molecular complexity index is 890. The number of carbonyl (C=O) groups excluding carboxylic acids is 5. The second-order valence-electron chi connectivity index (χ2n) is 9.40. The third-order valence-corrected chi connectivity index (χ3v) is 6.01. The van der Waals surface area contributed by atoms with Crippen LogP contribution in [0.15, 0.2) is 0 Å². The second kappa shape index (κ2) is 21.1. The molecule has 0 aliphatic rings. The number of halogens is 9. The van der Waals surface area contributed by atoms with Gasteiger partial charge in [-0.05, 0) is 19.3 Å². The van der Waals surface area contributed by atoms with E-state index < -0.39 is 87.2 Å². The summed E-state index contributed by atoms with van der Waals surface area (Å²) in [5, 5.41) is 7.22. The normalized spacial score (nSPS) is 12.4. The van der Waals surface area contributed by atoms with Crippen LogP contribution in [0.5, 0.6) is 0 Å². The summed E-state index contributed by atoms with van der Waals surface area (Å²) >= 11 is 0.841. The van der Waals surface area contributed by atoms with Gasteiger partial charge in [0, 0.05) is 58.6 Å². The van der Waals surface area contributed by atoms with Gasteiger partial charge in [-0.15, -0.1) is 0 Å². The molecule has 0 aromatic rings. The molecule has 46 heavy (non-hydrogen) atoms. The number of ether oxygens (including phenoxy) is 3. The minimum absolute atomic E-state index is 0.0660. The van der Waals surface area contributed by atoms with Crippen molar-refractivity contribution in [3.63, 3.8) is 0 Å². The summed E-state index contributed by atoms with van der Waals surface area (Å²) in [5.41, 5.74) is -1.57. The third kappa shape index (κ3) is 21.0. The molecule has 0 atom stereocenters. The van der Waals surface area contributed by atoms with Crippen LogP contribution < -0.4 is 21.3 Å². The molecular weight excluding hydrogens is 675 g/mol. The number of hydrogen-bond donors (Lipinski definition) is 4. The van der Waals surface area contributed by atoms with Crippen molar-refractivity contribution in [3.8, 4) is 0 Å². The molecule has 0 radical (unpaired) electrons. The van der Waals surface area contributed by atoms with Gasteiger partial charge in [0.1, 0.15) is 5.54 Å². The lowest BCUT2D eigenvalue weighted by Crippen LogP contribution is -2.58. The van der Waals surface area contributed by atoms with Crippen molar-refractivity contribution in [2.45, 2.75) is 56.7 Å². The van der Waals surface area contributed by atoms with Crippen molar-refractivity contribution < 1.29 is 77.7 Å². The van der Waals surface area contributed by atoms with Gasteiger partial charge in [0.25, 0.3) is 0 Å². The Kier molecular flexibility index (Phi) is 19.8. The highest BCUT2D eigenvalue weighted by atomic mass is 32.2. The molecule has 0 bridgehead atoms. The predicted molar refractivity (Wildman–Crippen MR) is 142 cm³/mol. The van der Waals surface area contributed by atoms with E-state index in [4.69, 9.17) is 14.2 Å². The molecule has 0 saturated heterocycles. The standard InChI is InChI=1S/C24H35F9N4O8S/c1-16(38)46-12-5-17(39)37-21(13-43-9-2-6-34-18(40)22(25,26)27,14-44-10-3-7-35-19(41)23(28,29)30)15-45-11-4-8-36-20(42)24(31,32)33/h2-15H2,1H3,(H,34,40)(H,35,41)(H,36,42)(H,37,39). The molecule has 0 aromatic heterocycles. The third-order valence-electron chi connectivity index (χ3n) is 5.20. The summed E-state index contributed by atoms with van der Waals surface area (Å²) in [6.45, 7) is -2.05. The Morgan fingerprint density at radius 3 is 1.20 bits per heavy atom. The average Bonchev–Trinajstić information content (AvgIpc) is 2.92. The Morgan fingerprint density at radius 1 is 0.587 bits per heavy atom. The first kappa shape index (κ1) is 43.1. The van der Waals surface area contributed by atoms with E-state index in [1.165, 1.54) is 6.92 Å². The summed E-state index contributed by atoms with van der Waals surface area (Å²) in [6.07, 6.45) is -15.8. The molecular formula is C24H35F9N4O8S. The van der Waals surface area contributed by atoms with E-state index in [2.05, 4.69) is 5.32 Å². The van der Waals surface area contributed by atoms with E-state index in [0.29, 0.717) is 0 Å². The Morgan fingerprint density at radius 2 is 0.913 bits per heavy atom. The van der Waals surface area contributed by atoms with Crippen LogP contribution in [0.1, 0.15) is 32.6 Å². The summed E-state index contributed by atoms with van der Waals surface area (Å²) in [7, 11) is 0. The summed E-state index contributed by atoms with van der Waals surface area (Å²) in [4.78, 5) is 56.7. The maximum atomic E-state index is 12.7. The Balaban J connectivity index is 5.41. The molecule has 0 heterocycles. The Hall–Kier alpha value is -2.85. The predicted octanol–water partition coefficient (Wildman–Crippen LogP) is 1.77. The number of thioether (sulfide) groups is 1. The molecule has 0 aliphatic carbocycles. The van der Waals surface area contributed by atoms with Gasteiger partial charge in [-0.1, -0.05) is 11.8 Å². The van der Waals surface area contributed by atoms with Crippen LogP contribution in [0.4, 0.5) is 39.5 Å². The highest BCUT2D eigenvalue weighted by Crippen LogP contribution is 2.16. The topological polar surface area (TPSA) is 161 Å². The number of alkyl halides is 9. The van der Waals surface area contributed by atoms with Crippen LogP contribution in [-0.2, 0) is 38.2 Å². The fourth-order valence-electron chi connectivity index (χ4n) is 3.11. The van der Waals surface area contributed by atoms with E-state index in [-0.39, 0.29) is 56.4 Å². The second-order valence-corrected chi connectivity index (χ2v) is 10.7. The van der Waals surface area contributed by atoms with Crippen LogP contribution in [0.2, 0.25) is 0 Å². The molecule has 0 rings (SSSR count). The first-order valence-electron chi connectivity index (χ1n) is 13.4. The van der Waals surface area contributed by atoms with Gasteiger partial charge in [-0.2, -0.15) is 39.5 Å². The molecule has 0 unspecified atom stereocenters. The fraction of sp³-hybridized carbons (Fsp3) is 0.792. The SMILES string of the molecule is CC(=O)SCCC(=O)NC(COCCCNC(=O)C(F)(F)F)(COCCCNC(=O)C(F)(F)F)COCCCNC(=O)C(F)(F)F. The highest BCUT2D eigenvalue weighted by molar-refractivity contribution is 8.13. The Labute approximate surface area is 261 Å². The fourth-order valence-corrected chi connectivity index (χ4v) is 3.69. The molecule has 0 spiro atoms. The number of hydrogen-bond acceptors (Lipinski definition) is 9. The number of carbonyl (C=O) groups is 5. The van der Waals surface area contributed by atoms with Crippen LogP contribution in [0.3, 0.4) is 0 Å². The van der Waals surface area contributed by atoms with E-state index >= 15 is 0 Å². The van der Waals surface area contributed by atoms with Gasteiger partial charge in [0.2, 0.25) is 5.91 Å². The van der Waals surface area contributed by atoms with Gasteiger partial charge in [0.15, 0.2) is 5.12 Å². The van der Waals surface area contributed by atoms with E-state index in [0.717, 1.165) is 11.8 Å². The zero-order chi connectivity index (χ0) is 35.4. The van der Waals surface area contributed by atoms with Gasteiger partial charge in [-0.3, -0.25) is 24.0 Å². The van der Waals surface area contributed by atoms with Crippen molar-refractivity contribution in [3.05, 3.63) is 0 Å². The van der Waals surface area contributed by atoms with E-state index in [1.54, 1.807) is 16.0 Å². The van der Waals surface area contributed by atoms with Crippen LogP contribution in [0.25, 0.3) is 0 Å². The lowest BCUT2D eigenvalue weighted by Gasteiger charge is -2.34. The molecule has 0 fully saturated rings. The number of amides is 4. The zero-order valence-corrected chi connectivity index (χ0v) is 25.3. The molecule has 268 valence electrons. The van der Waals surface area contributed by atoms with Crippen LogP contribution in [-0.4, -0.2) is 118 Å². The minimum atomic E-state index is -5.10. The quantitative estimate of drug-likeness (QED) is 0.0970. The van der Waals surface area contributed by atoms with Crippen molar-refractivity contribution in [2.75, 3.05) is 65.0 Å². The smallest absolute Gasteiger partial charge is 0.379 e. The molecule has 22 heteroatoms. The van der Waals surface area contributed by atoms with Crippen molar-refractivity contribution in [1.29, 1.82) is 0 Å². The van der Waals surface area contributed by atoms with Crippen molar-refractivity contribution in [2.24, 2.45) is 0 Å². The van der Waals surface area contributed by atoms with E-state index in [9.17, 15) is 63.5 Å². The van der Waals surface area contributed by atoms with Gasteiger partial charge in [-0.25, -0.2) is 0 Å². The number of rotatable bonds is 22. The lowest BCUT2D eigenvalue weighted by molar-refractivity contribution is -0.173. The van der Waals surface area contributed by atoms with Gasteiger partial charge < -0.3 is 35.5 Å². The van der Waals surface area contributed by atoms with Crippen molar-refractivity contribution >= 4 is 40.5 Å². The highest BCUT2D eigenvalue weighted by Gasteiger charge is 2.40. The van der Waals surface area contributed by atoms with E-state index in [1.807, 2.05) is 0 Å². The molecule has 4 amide bonds. The van der Waals surface area contributed by atoms with Crippen LogP contribution >= 0.6 is 11.8 Å². The van der Waals surface area contributed by atoms with Crippen LogP contribution in [0, 0.1) is 0 Å². The minimum Gasteiger partial charge on any atom is -0.379 e. The number of nitrogens with one attached hydrogen (secondary N) is 4. The maximum Gasteiger partial charge on any atom is 0.471 e. The zero-order valence-electron chi connectivity index (χ0n) is 24.5. The largest absolute Gasteiger partial charge is 0.471 e. The molecule has 12 nitrogen and oxygen atoms in total. The molecule has 0 aliphatic heterocycles. The van der Waals surface area contributed by atoms with Crippen molar-refractivity contribution in [1.82, 2.24) is 21.3 Å². The maximum absolute atomic E-state index is 12.7. The first-order valence-corrected chi connectivity index (χ1v) is 14.4. The summed E-state index contributed by atoms with van der Waals surface area (Å²) in [6, 6.07) is 0. The molecule has 0 saturated carbocycles. The summed E-state index contributed by atoms with van der Waals surface area (Å²) < 4.78 is 127.